The highest BCUT2D eigenvalue weighted by molar-refractivity contribution is 9.10. The Kier molecular flexibility index (Phi) is 4.49. The number of halogens is 1. The summed E-state index contributed by atoms with van der Waals surface area (Å²) in [6.45, 7) is 0.928. The van der Waals surface area contributed by atoms with Crippen LogP contribution >= 0.6 is 15.9 Å². The van der Waals surface area contributed by atoms with Gasteiger partial charge >= 0.3 is 0 Å². The molecule has 0 radical (unpaired) electrons. The molecule has 2 N–H and O–H groups in total. The third kappa shape index (κ3) is 3.40. The van der Waals surface area contributed by atoms with E-state index in [4.69, 9.17) is 0 Å². The van der Waals surface area contributed by atoms with Gasteiger partial charge in [0.1, 0.15) is 0 Å². The first-order valence-corrected chi connectivity index (χ1v) is 6.76. The first-order valence-electron chi connectivity index (χ1n) is 5.96. The van der Waals surface area contributed by atoms with Gasteiger partial charge in [-0.2, -0.15) is 0 Å². The van der Waals surface area contributed by atoms with E-state index in [1.54, 1.807) is 12.1 Å². The molecular formula is C13H15BrN2O2. The summed E-state index contributed by atoms with van der Waals surface area (Å²) in [4.78, 5) is 23.5. The van der Waals surface area contributed by atoms with Crippen LogP contribution in [0.5, 0.6) is 0 Å². The lowest BCUT2D eigenvalue weighted by Gasteiger charge is -2.10. The maximum Gasteiger partial charge on any atom is 0.237 e. The second-order valence-electron chi connectivity index (χ2n) is 4.30. The minimum Gasteiger partial charge on any atom is -0.347 e. The van der Waals surface area contributed by atoms with Crippen molar-refractivity contribution in [2.24, 2.45) is 0 Å². The quantitative estimate of drug-likeness (QED) is 0.829. The number of hydrogen-bond donors (Lipinski definition) is 2. The molecule has 1 aliphatic rings. The summed E-state index contributed by atoms with van der Waals surface area (Å²) in [6, 6.07) is 6.97. The van der Waals surface area contributed by atoms with E-state index in [9.17, 15) is 9.59 Å². The normalized spacial score (nSPS) is 18.6. The molecule has 4 nitrogen and oxygen atoms in total. The van der Waals surface area contributed by atoms with Crippen LogP contribution in [0.1, 0.15) is 23.2 Å². The number of nitrogens with one attached hydrogen (secondary N) is 2. The Morgan fingerprint density at radius 1 is 1.33 bits per heavy atom. The standard InChI is InChI=1S/C13H15BrN2O2/c14-10-5-3-9(4-6-10)12(17)8-16-13(18)11-2-1-7-15-11/h3-6,11,15H,1-2,7-8H2,(H,16,18). The third-order valence-electron chi connectivity index (χ3n) is 2.97. The number of ketones is 1. The first-order chi connectivity index (χ1) is 8.66. The number of rotatable bonds is 4. The van der Waals surface area contributed by atoms with Gasteiger partial charge in [0.05, 0.1) is 12.6 Å². The zero-order chi connectivity index (χ0) is 13.0. The van der Waals surface area contributed by atoms with Crippen molar-refractivity contribution < 1.29 is 9.59 Å². The summed E-state index contributed by atoms with van der Waals surface area (Å²) in [5.41, 5.74) is 0.609. The van der Waals surface area contributed by atoms with Gasteiger partial charge in [0.15, 0.2) is 5.78 Å². The average molecular weight is 311 g/mol. The molecular weight excluding hydrogens is 296 g/mol. The van der Waals surface area contributed by atoms with E-state index in [1.807, 2.05) is 12.1 Å². The molecule has 1 saturated heterocycles. The van der Waals surface area contributed by atoms with Crippen molar-refractivity contribution in [2.75, 3.05) is 13.1 Å². The van der Waals surface area contributed by atoms with Gasteiger partial charge in [-0.1, -0.05) is 28.1 Å². The molecule has 2 rings (SSSR count). The molecule has 18 heavy (non-hydrogen) atoms. The van der Waals surface area contributed by atoms with Crippen molar-refractivity contribution in [2.45, 2.75) is 18.9 Å². The van der Waals surface area contributed by atoms with Gasteiger partial charge in [-0.3, -0.25) is 9.59 Å². The summed E-state index contributed by atoms with van der Waals surface area (Å²) < 4.78 is 0.929. The zero-order valence-corrected chi connectivity index (χ0v) is 11.5. The lowest BCUT2D eigenvalue weighted by molar-refractivity contribution is -0.122. The largest absolute Gasteiger partial charge is 0.347 e. The predicted molar refractivity (Wildman–Crippen MR) is 72.5 cm³/mol. The first kappa shape index (κ1) is 13.2. The zero-order valence-electron chi connectivity index (χ0n) is 9.91. The van der Waals surface area contributed by atoms with Gasteiger partial charge in [0.25, 0.3) is 0 Å². The number of carbonyl (C=O) groups is 2. The number of Topliss-reactive ketones (excluding diaryl/α,β-unsaturated/α-hetero) is 1. The van der Waals surface area contributed by atoms with E-state index in [2.05, 4.69) is 26.6 Å². The number of hydrogen-bond acceptors (Lipinski definition) is 3. The summed E-state index contributed by atoms with van der Waals surface area (Å²) in [7, 11) is 0. The van der Waals surface area contributed by atoms with Crippen LogP contribution in [-0.2, 0) is 4.79 Å². The molecule has 96 valence electrons. The number of carbonyl (C=O) groups excluding carboxylic acids is 2. The molecule has 1 fully saturated rings. The molecule has 1 amide bonds. The van der Waals surface area contributed by atoms with E-state index in [1.165, 1.54) is 0 Å². The molecule has 0 saturated carbocycles. The molecule has 0 aromatic heterocycles. The lowest BCUT2D eigenvalue weighted by Crippen LogP contribution is -2.42. The van der Waals surface area contributed by atoms with Crippen molar-refractivity contribution in [3.8, 4) is 0 Å². The van der Waals surface area contributed by atoms with Crippen molar-refractivity contribution >= 4 is 27.6 Å². The molecule has 1 aliphatic heterocycles. The molecule has 1 aromatic carbocycles. The molecule has 0 spiro atoms. The summed E-state index contributed by atoms with van der Waals surface area (Å²) >= 11 is 3.31. The van der Waals surface area contributed by atoms with Gasteiger partial charge < -0.3 is 10.6 Å². The second kappa shape index (κ2) is 6.11. The Labute approximate surface area is 114 Å². The smallest absolute Gasteiger partial charge is 0.237 e. The minimum atomic E-state index is -0.136. The van der Waals surface area contributed by atoms with E-state index >= 15 is 0 Å². The topological polar surface area (TPSA) is 58.2 Å². The Bertz CT molecular complexity index is 439. The van der Waals surface area contributed by atoms with Crippen molar-refractivity contribution in [3.63, 3.8) is 0 Å². The van der Waals surface area contributed by atoms with Crippen molar-refractivity contribution in [1.29, 1.82) is 0 Å². The van der Waals surface area contributed by atoms with Gasteiger partial charge in [-0.25, -0.2) is 0 Å². The van der Waals surface area contributed by atoms with Crippen LogP contribution in [0.2, 0.25) is 0 Å². The molecule has 1 atom stereocenters. The Hall–Kier alpha value is -1.20. The Balaban J connectivity index is 1.84. The Morgan fingerprint density at radius 2 is 2.06 bits per heavy atom. The van der Waals surface area contributed by atoms with E-state index in [-0.39, 0.29) is 24.3 Å². The molecule has 1 heterocycles. The van der Waals surface area contributed by atoms with Crippen LogP contribution in [0.25, 0.3) is 0 Å². The van der Waals surface area contributed by atoms with E-state index in [0.717, 1.165) is 23.9 Å². The highest BCUT2D eigenvalue weighted by Gasteiger charge is 2.22. The molecule has 0 bridgehead atoms. The van der Waals surface area contributed by atoms with Gasteiger partial charge in [-0.15, -0.1) is 0 Å². The number of benzene rings is 1. The van der Waals surface area contributed by atoms with Crippen LogP contribution in [0.4, 0.5) is 0 Å². The van der Waals surface area contributed by atoms with E-state index in [0.29, 0.717) is 5.56 Å². The molecule has 0 aliphatic carbocycles. The van der Waals surface area contributed by atoms with Crippen molar-refractivity contribution in [1.82, 2.24) is 10.6 Å². The summed E-state index contributed by atoms with van der Waals surface area (Å²) in [5.74, 6) is -0.160. The van der Waals surface area contributed by atoms with Gasteiger partial charge in [0, 0.05) is 10.0 Å². The monoisotopic (exact) mass is 310 g/mol. The Morgan fingerprint density at radius 3 is 2.67 bits per heavy atom. The van der Waals surface area contributed by atoms with Crippen LogP contribution in [-0.4, -0.2) is 30.8 Å². The maximum atomic E-state index is 11.8. The fourth-order valence-electron chi connectivity index (χ4n) is 1.94. The molecule has 1 unspecified atom stereocenters. The highest BCUT2D eigenvalue weighted by Crippen LogP contribution is 2.11. The SMILES string of the molecule is O=C(CNC(=O)C1CCCN1)c1ccc(Br)cc1. The fraction of sp³-hybridized carbons (Fsp3) is 0.385. The lowest BCUT2D eigenvalue weighted by atomic mass is 10.1. The second-order valence-corrected chi connectivity index (χ2v) is 5.21. The summed E-state index contributed by atoms with van der Waals surface area (Å²) in [5, 5.41) is 5.77. The number of amides is 1. The highest BCUT2D eigenvalue weighted by atomic mass is 79.9. The minimum absolute atomic E-state index is 0.0542. The molecule has 5 heteroatoms. The fourth-order valence-corrected chi connectivity index (χ4v) is 2.20. The van der Waals surface area contributed by atoms with Gasteiger partial charge in [0.2, 0.25) is 5.91 Å². The van der Waals surface area contributed by atoms with Crippen molar-refractivity contribution in [3.05, 3.63) is 34.3 Å². The third-order valence-corrected chi connectivity index (χ3v) is 3.49. The predicted octanol–water partition coefficient (Wildman–Crippen LogP) is 1.50. The summed E-state index contributed by atoms with van der Waals surface area (Å²) in [6.07, 6.45) is 1.86. The van der Waals surface area contributed by atoms with Crippen LogP contribution in [0, 0.1) is 0 Å². The average Bonchev–Trinajstić information content (AvgIpc) is 2.90. The van der Waals surface area contributed by atoms with E-state index < -0.39 is 0 Å². The maximum absolute atomic E-state index is 11.8. The van der Waals surface area contributed by atoms with Crippen LogP contribution < -0.4 is 10.6 Å². The van der Waals surface area contributed by atoms with Crippen LogP contribution in [0.15, 0.2) is 28.7 Å². The molecule has 1 aromatic rings. The van der Waals surface area contributed by atoms with Gasteiger partial charge in [-0.05, 0) is 31.5 Å². The van der Waals surface area contributed by atoms with Crippen LogP contribution in [0.3, 0.4) is 0 Å².